The van der Waals surface area contributed by atoms with E-state index in [1.807, 2.05) is 11.3 Å². The Morgan fingerprint density at radius 3 is 3.07 bits per heavy atom. The molecule has 0 aliphatic heterocycles. The van der Waals surface area contributed by atoms with Crippen LogP contribution < -0.4 is 5.32 Å². The average Bonchev–Trinajstić information content (AvgIpc) is 2.62. The molecule has 1 heterocycles. The monoisotopic (exact) mass is 224 g/mol. The predicted molar refractivity (Wildman–Crippen MR) is 65.5 cm³/mol. The van der Waals surface area contributed by atoms with Crippen LogP contribution in [0, 0.1) is 0 Å². The molecule has 2 rings (SSSR count). The van der Waals surface area contributed by atoms with Crippen molar-refractivity contribution in [1.29, 1.82) is 0 Å². The molecule has 1 unspecified atom stereocenters. The fourth-order valence-corrected chi connectivity index (χ4v) is 3.51. The Morgan fingerprint density at radius 1 is 1.47 bits per heavy atom. The van der Waals surface area contributed by atoms with Gasteiger partial charge >= 0.3 is 0 Å². The molecule has 15 heavy (non-hydrogen) atoms. The van der Waals surface area contributed by atoms with E-state index in [0.29, 0.717) is 6.04 Å². The summed E-state index contributed by atoms with van der Waals surface area (Å²) in [7, 11) is 0. The molecule has 84 valence electrons. The van der Waals surface area contributed by atoms with Crippen molar-refractivity contribution >= 4 is 11.3 Å². The van der Waals surface area contributed by atoms with Crippen LogP contribution >= 0.6 is 11.3 Å². The van der Waals surface area contributed by atoms with Crippen LogP contribution in [-0.2, 0) is 12.8 Å². The van der Waals surface area contributed by atoms with E-state index in [9.17, 15) is 0 Å². The molecule has 1 aliphatic rings. The lowest BCUT2D eigenvalue weighted by molar-refractivity contribution is 0.464. The lowest BCUT2D eigenvalue weighted by Gasteiger charge is -2.21. The van der Waals surface area contributed by atoms with Crippen molar-refractivity contribution in [2.75, 3.05) is 6.54 Å². The van der Waals surface area contributed by atoms with Crippen molar-refractivity contribution in [2.24, 2.45) is 0 Å². The summed E-state index contributed by atoms with van der Waals surface area (Å²) in [4.78, 5) is 6.33. The number of hydrogen-bond acceptors (Lipinski definition) is 3. The molecule has 1 N–H and O–H groups in total. The lowest BCUT2D eigenvalue weighted by atomic mass is 9.98. The molecule has 0 amide bonds. The zero-order valence-electron chi connectivity index (χ0n) is 9.68. The molecule has 0 fully saturated rings. The SMILES string of the molecule is CCCc1nc2c(s1)CCCC2NCC. The van der Waals surface area contributed by atoms with Gasteiger partial charge in [-0.25, -0.2) is 4.98 Å². The smallest absolute Gasteiger partial charge is 0.0931 e. The molecule has 0 saturated heterocycles. The molecular formula is C12H20N2S. The average molecular weight is 224 g/mol. The largest absolute Gasteiger partial charge is 0.309 e. The molecule has 1 aromatic rings. The third kappa shape index (κ3) is 2.40. The molecule has 0 radical (unpaired) electrons. The Labute approximate surface area is 96.1 Å². The highest BCUT2D eigenvalue weighted by Crippen LogP contribution is 2.33. The van der Waals surface area contributed by atoms with Crippen LogP contribution in [0.5, 0.6) is 0 Å². The highest BCUT2D eigenvalue weighted by molar-refractivity contribution is 7.11. The van der Waals surface area contributed by atoms with Crippen LogP contribution in [0.4, 0.5) is 0 Å². The van der Waals surface area contributed by atoms with Gasteiger partial charge < -0.3 is 5.32 Å². The fourth-order valence-electron chi connectivity index (χ4n) is 2.23. The van der Waals surface area contributed by atoms with Gasteiger partial charge in [-0.15, -0.1) is 11.3 Å². The number of thiazole rings is 1. The van der Waals surface area contributed by atoms with E-state index in [2.05, 4.69) is 19.2 Å². The van der Waals surface area contributed by atoms with E-state index in [0.717, 1.165) is 13.0 Å². The van der Waals surface area contributed by atoms with Gasteiger partial charge in [0.15, 0.2) is 0 Å². The van der Waals surface area contributed by atoms with Crippen LogP contribution in [0.15, 0.2) is 0 Å². The van der Waals surface area contributed by atoms with Crippen molar-refractivity contribution in [3.05, 3.63) is 15.6 Å². The predicted octanol–water partition coefficient (Wildman–Crippen LogP) is 3.08. The number of hydrogen-bond donors (Lipinski definition) is 1. The van der Waals surface area contributed by atoms with E-state index < -0.39 is 0 Å². The molecule has 0 spiro atoms. The molecule has 1 atom stereocenters. The van der Waals surface area contributed by atoms with Crippen LogP contribution in [0.3, 0.4) is 0 Å². The highest BCUT2D eigenvalue weighted by atomic mass is 32.1. The van der Waals surface area contributed by atoms with Crippen molar-refractivity contribution in [1.82, 2.24) is 10.3 Å². The summed E-state index contributed by atoms with van der Waals surface area (Å²) in [5.41, 5.74) is 1.36. The highest BCUT2D eigenvalue weighted by Gasteiger charge is 2.23. The normalized spacial score (nSPS) is 20.3. The Kier molecular flexibility index (Phi) is 3.76. The van der Waals surface area contributed by atoms with Crippen molar-refractivity contribution in [2.45, 2.75) is 52.0 Å². The first-order valence-electron chi connectivity index (χ1n) is 6.07. The van der Waals surface area contributed by atoms with Crippen LogP contribution in [0.1, 0.15) is 54.7 Å². The number of rotatable bonds is 4. The Balaban J connectivity index is 2.18. The molecule has 3 heteroatoms. The third-order valence-electron chi connectivity index (χ3n) is 2.91. The summed E-state index contributed by atoms with van der Waals surface area (Å²) in [5.74, 6) is 0. The minimum atomic E-state index is 0.528. The lowest BCUT2D eigenvalue weighted by Crippen LogP contribution is -2.24. The summed E-state index contributed by atoms with van der Waals surface area (Å²) in [6, 6.07) is 0.528. The van der Waals surface area contributed by atoms with Gasteiger partial charge in [-0.3, -0.25) is 0 Å². The molecule has 0 saturated carbocycles. The number of nitrogens with zero attached hydrogens (tertiary/aromatic N) is 1. The van der Waals surface area contributed by atoms with Crippen molar-refractivity contribution in [3.63, 3.8) is 0 Å². The minimum Gasteiger partial charge on any atom is -0.309 e. The van der Waals surface area contributed by atoms with Gasteiger partial charge in [0.2, 0.25) is 0 Å². The van der Waals surface area contributed by atoms with E-state index >= 15 is 0 Å². The van der Waals surface area contributed by atoms with Gasteiger partial charge in [0.1, 0.15) is 0 Å². The minimum absolute atomic E-state index is 0.528. The molecule has 1 aliphatic carbocycles. The second-order valence-electron chi connectivity index (χ2n) is 4.17. The molecule has 0 aromatic carbocycles. The third-order valence-corrected chi connectivity index (χ3v) is 4.10. The van der Waals surface area contributed by atoms with E-state index in [1.54, 1.807) is 0 Å². The Hall–Kier alpha value is -0.410. The molecular weight excluding hydrogens is 204 g/mol. The first-order valence-corrected chi connectivity index (χ1v) is 6.88. The summed E-state index contributed by atoms with van der Waals surface area (Å²) in [5, 5.41) is 4.88. The van der Waals surface area contributed by atoms with E-state index in [1.165, 1.54) is 41.3 Å². The van der Waals surface area contributed by atoms with E-state index in [4.69, 9.17) is 4.98 Å². The zero-order chi connectivity index (χ0) is 10.7. The number of fused-ring (bicyclic) bond motifs is 1. The van der Waals surface area contributed by atoms with Crippen LogP contribution in [0.25, 0.3) is 0 Å². The first kappa shape index (κ1) is 11.1. The summed E-state index contributed by atoms with van der Waals surface area (Å²) in [6.07, 6.45) is 6.18. The van der Waals surface area contributed by atoms with Gasteiger partial charge in [-0.2, -0.15) is 0 Å². The summed E-state index contributed by atoms with van der Waals surface area (Å²) < 4.78 is 0. The van der Waals surface area contributed by atoms with E-state index in [-0.39, 0.29) is 0 Å². The van der Waals surface area contributed by atoms with Gasteiger partial charge in [0, 0.05) is 4.88 Å². The van der Waals surface area contributed by atoms with Crippen LogP contribution in [0.2, 0.25) is 0 Å². The topological polar surface area (TPSA) is 24.9 Å². The molecule has 0 bridgehead atoms. The first-order chi connectivity index (χ1) is 7.35. The van der Waals surface area contributed by atoms with Gasteiger partial charge in [0.05, 0.1) is 16.7 Å². The fraction of sp³-hybridized carbons (Fsp3) is 0.750. The molecule has 2 nitrogen and oxygen atoms in total. The van der Waals surface area contributed by atoms with Crippen molar-refractivity contribution in [3.8, 4) is 0 Å². The summed E-state index contributed by atoms with van der Waals surface area (Å²) >= 11 is 1.94. The number of nitrogens with one attached hydrogen (secondary N) is 1. The maximum absolute atomic E-state index is 4.80. The number of aromatic nitrogens is 1. The van der Waals surface area contributed by atoms with Gasteiger partial charge in [0.25, 0.3) is 0 Å². The molecule has 1 aromatic heterocycles. The standard InChI is InChI=1S/C12H20N2S/c1-3-6-11-14-12-9(13-4-2)7-5-8-10(12)15-11/h9,13H,3-8H2,1-2H3. The van der Waals surface area contributed by atoms with Gasteiger partial charge in [-0.1, -0.05) is 13.8 Å². The number of aryl methyl sites for hydroxylation is 2. The van der Waals surface area contributed by atoms with Gasteiger partial charge in [-0.05, 0) is 38.6 Å². The second-order valence-corrected chi connectivity index (χ2v) is 5.34. The Bertz CT molecular complexity index is 319. The second kappa shape index (κ2) is 5.08. The van der Waals surface area contributed by atoms with Crippen molar-refractivity contribution < 1.29 is 0 Å². The maximum atomic E-state index is 4.80. The Morgan fingerprint density at radius 2 is 2.33 bits per heavy atom. The van der Waals surface area contributed by atoms with Crippen LogP contribution in [-0.4, -0.2) is 11.5 Å². The maximum Gasteiger partial charge on any atom is 0.0931 e. The quantitative estimate of drug-likeness (QED) is 0.850. The zero-order valence-corrected chi connectivity index (χ0v) is 10.5. The summed E-state index contributed by atoms with van der Waals surface area (Å²) in [6.45, 7) is 5.44.